The van der Waals surface area contributed by atoms with Crippen LogP contribution in [0.15, 0.2) is 30.3 Å². The molecule has 1 atom stereocenters. The minimum absolute atomic E-state index is 0.298. The molecule has 3 heterocycles. The number of nitrogens with one attached hydrogen (secondary N) is 1. The van der Waals surface area contributed by atoms with Crippen molar-refractivity contribution in [1.82, 2.24) is 9.97 Å². The van der Waals surface area contributed by atoms with Crippen molar-refractivity contribution in [3.8, 4) is 5.75 Å². The van der Waals surface area contributed by atoms with Crippen molar-refractivity contribution in [2.75, 3.05) is 61.6 Å². The van der Waals surface area contributed by atoms with E-state index in [4.69, 9.17) is 14.5 Å². The molecule has 7 nitrogen and oxygen atoms in total. The molecule has 0 spiro atoms. The lowest BCUT2D eigenvalue weighted by atomic mass is 10.2. The van der Waals surface area contributed by atoms with E-state index in [0.29, 0.717) is 6.10 Å². The van der Waals surface area contributed by atoms with Crippen LogP contribution in [0.1, 0.15) is 18.5 Å². The van der Waals surface area contributed by atoms with E-state index in [0.717, 1.165) is 75.4 Å². The number of hydrogen-bond donors (Lipinski definition) is 1. The summed E-state index contributed by atoms with van der Waals surface area (Å²) < 4.78 is 10.9. The molecular weight excluding hydrogens is 354 g/mol. The van der Waals surface area contributed by atoms with Gasteiger partial charge in [0.1, 0.15) is 11.6 Å². The third-order valence-corrected chi connectivity index (χ3v) is 5.38. The summed E-state index contributed by atoms with van der Waals surface area (Å²) in [6.07, 6.45) is 2.57. The van der Waals surface area contributed by atoms with Crippen LogP contribution in [0, 0.1) is 6.92 Å². The standard InChI is InChI=1S/C21H29N5O2/c1-16-14-20(22-15-19-4-3-13-28-19)24-21(23-16)26-11-9-25(10-12-26)17-5-7-18(27-2)8-6-17/h5-8,14,19H,3-4,9-13,15H2,1-2H3,(H,22,23,24). The average Bonchev–Trinajstić information content (AvgIpc) is 3.26. The Labute approximate surface area is 166 Å². The molecule has 1 aromatic carbocycles. The van der Waals surface area contributed by atoms with Crippen molar-refractivity contribution in [2.24, 2.45) is 0 Å². The molecule has 2 saturated heterocycles. The summed E-state index contributed by atoms with van der Waals surface area (Å²) in [6.45, 7) is 7.40. The van der Waals surface area contributed by atoms with Gasteiger partial charge in [-0.1, -0.05) is 0 Å². The highest BCUT2D eigenvalue weighted by atomic mass is 16.5. The van der Waals surface area contributed by atoms with Gasteiger partial charge in [0.2, 0.25) is 5.95 Å². The quantitative estimate of drug-likeness (QED) is 0.823. The molecule has 7 heteroatoms. The van der Waals surface area contributed by atoms with Crippen LogP contribution in [0.25, 0.3) is 0 Å². The maximum absolute atomic E-state index is 5.69. The number of methoxy groups -OCH3 is 1. The first-order valence-electron chi connectivity index (χ1n) is 10.1. The number of nitrogens with zero attached hydrogens (tertiary/aromatic N) is 4. The Bertz CT molecular complexity index is 769. The van der Waals surface area contributed by atoms with Gasteiger partial charge in [-0.25, -0.2) is 4.98 Å². The lowest BCUT2D eigenvalue weighted by molar-refractivity contribution is 0.120. The minimum Gasteiger partial charge on any atom is -0.497 e. The molecule has 2 fully saturated rings. The van der Waals surface area contributed by atoms with E-state index in [1.54, 1.807) is 7.11 Å². The molecule has 2 aliphatic rings. The number of rotatable bonds is 6. The summed E-state index contributed by atoms with van der Waals surface area (Å²) in [5.74, 6) is 2.58. The molecule has 1 N–H and O–H groups in total. The summed E-state index contributed by atoms with van der Waals surface area (Å²) >= 11 is 0. The lowest BCUT2D eigenvalue weighted by Gasteiger charge is -2.36. The molecule has 0 aliphatic carbocycles. The highest BCUT2D eigenvalue weighted by Crippen LogP contribution is 2.22. The second-order valence-electron chi connectivity index (χ2n) is 7.38. The fourth-order valence-corrected chi connectivity index (χ4v) is 3.77. The van der Waals surface area contributed by atoms with Gasteiger partial charge >= 0.3 is 0 Å². The number of ether oxygens (including phenoxy) is 2. The van der Waals surface area contributed by atoms with Crippen molar-refractivity contribution in [1.29, 1.82) is 0 Å². The van der Waals surface area contributed by atoms with Gasteiger partial charge in [0.25, 0.3) is 0 Å². The SMILES string of the molecule is COc1ccc(N2CCN(c3nc(C)cc(NCC4CCCO4)n3)CC2)cc1. The van der Waals surface area contributed by atoms with Crippen LogP contribution in [0.2, 0.25) is 0 Å². The largest absolute Gasteiger partial charge is 0.497 e. The van der Waals surface area contributed by atoms with E-state index < -0.39 is 0 Å². The summed E-state index contributed by atoms with van der Waals surface area (Å²) in [7, 11) is 1.69. The monoisotopic (exact) mass is 383 g/mol. The number of aromatic nitrogens is 2. The molecular formula is C21H29N5O2. The molecule has 1 unspecified atom stereocenters. The Hall–Kier alpha value is -2.54. The van der Waals surface area contributed by atoms with Crippen LogP contribution in [-0.4, -0.2) is 62.5 Å². The normalized spacial score (nSPS) is 19.7. The summed E-state index contributed by atoms with van der Waals surface area (Å²) in [4.78, 5) is 14.1. The van der Waals surface area contributed by atoms with Crippen LogP contribution < -0.4 is 19.9 Å². The highest BCUT2D eigenvalue weighted by molar-refractivity contribution is 5.51. The first kappa shape index (κ1) is 18.8. The van der Waals surface area contributed by atoms with Gasteiger partial charge in [0, 0.05) is 56.8 Å². The minimum atomic E-state index is 0.298. The smallest absolute Gasteiger partial charge is 0.227 e. The molecule has 0 radical (unpaired) electrons. The Morgan fingerprint density at radius 1 is 1.11 bits per heavy atom. The molecule has 28 heavy (non-hydrogen) atoms. The third kappa shape index (κ3) is 4.47. The zero-order valence-electron chi connectivity index (χ0n) is 16.7. The first-order chi connectivity index (χ1) is 13.7. The van der Waals surface area contributed by atoms with Gasteiger partial charge in [0.05, 0.1) is 13.2 Å². The summed E-state index contributed by atoms with van der Waals surface area (Å²) in [6, 6.07) is 10.3. The van der Waals surface area contributed by atoms with Gasteiger partial charge in [-0.2, -0.15) is 4.98 Å². The molecule has 1 aromatic heterocycles. The van der Waals surface area contributed by atoms with Gasteiger partial charge in [-0.15, -0.1) is 0 Å². The Kier molecular flexibility index (Phi) is 5.81. The highest BCUT2D eigenvalue weighted by Gasteiger charge is 2.21. The van der Waals surface area contributed by atoms with Gasteiger partial charge < -0.3 is 24.6 Å². The number of aryl methyl sites for hydroxylation is 1. The number of hydrogen-bond acceptors (Lipinski definition) is 7. The second kappa shape index (κ2) is 8.65. The average molecular weight is 383 g/mol. The van der Waals surface area contributed by atoms with Gasteiger partial charge in [-0.3, -0.25) is 0 Å². The first-order valence-corrected chi connectivity index (χ1v) is 10.1. The zero-order chi connectivity index (χ0) is 19.3. The molecule has 2 aliphatic heterocycles. The van der Waals surface area contributed by atoms with Crippen LogP contribution >= 0.6 is 0 Å². The molecule has 0 bridgehead atoms. The molecule has 0 amide bonds. The van der Waals surface area contributed by atoms with Gasteiger partial charge in [0.15, 0.2) is 0 Å². The van der Waals surface area contributed by atoms with Crippen molar-refractivity contribution in [3.05, 3.63) is 36.0 Å². The van der Waals surface area contributed by atoms with Crippen molar-refractivity contribution in [2.45, 2.75) is 25.9 Å². The molecule has 0 saturated carbocycles. The Balaban J connectivity index is 1.36. The fraction of sp³-hybridized carbons (Fsp3) is 0.524. The molecule has 2 aromatic rings. The van der Waals surface area contributed by atoms with E-state index in [2.05, 4.69) is 32.2 Å². The van der Waals surface area contributed by atoms with Gasteiger partial charge in [-0.05, 0) is 44.0 Å². The van der Waals surface area contributed by atoms with E-state index in [1.807, 2.05) is 25.1 Å². The number of piperazine rings is 1. The summed E-state index contributed by atoms with van der Waals surface area (Å²) in [5.41, 5.74) is 2.21. The van der Waals surface area contributed by atoms with Crippen LogP contribution in [0.3, 0.4) is 0 Å². The lowest BCUT2D eigenvalue weighted by Crippen LogP contribution is -2.47. The Morgan fingerprint density at radius 2 is 1.86 bits per heavy atom. The zero-order valence-corrected chi connectivity index (χ0v) is 16.7. The predicted octanol–water partition coefficient (Wildman–Crippen LogP) is 2.71. The van der Waals surface area contributed by atoms with E-state index in [9.17, 15) is 0 Å². The molecule has 150 valence electrons. The van der Waals surface area contributed by atoms with E-state index >= 15 is 0 Å². The molecule has 4 rings (SSSR count). The van der Waals surface area contributed by atoms with Crippen LogP contribution in [0.4, 0.5) is 17.5 Å². The maximum Gasteiger partial charge on any atom is 0.227 e. The third-order valence-electron chi connectivity index (χ3n) is 5.38. The fourth-order valence-electron chi connectivity index (χ4n) is 3.77. The summed E-state index contributed by atoms with van der Waals surface area (Å²) in [5, 5.41) is 3.43. The van der Waals surface area contributed by atoms with E-state index in [1.165, 1.54) is 5.69 Å². The second-order valence-corrected chi connectivity index (χ2v) is 7.38. The van der Waals surface area contributed by atoms with Crippen LogP contribution in [0.5, 0.6) is 5.75 Å². The predicted molar refractivity (Wildman–Crippen MR) is 112 cm³/mol. The van der Waals surface area contributed by atoms with Crippen molar-refractivity contribution >= 4 is 17.5 Å². The number of anilines is 3. The van der Waals surface area contributed by atoms with E-state index in [-0.39, 0.29) is 0 Å². The van der Waals surface area contributed by atoms with Crippen LogP contribution in [-0.2, 0) is 4.74 Å². The number of benzene rings is 1. The maximum atomic E-state index is 5.69. The Morgan fingerprint density at radius 3 is 2.54 bits per heavy atom. The topological polar surface area (TPSA) is 62.8 Å². The van der Waals surface area contributed by atoms with Crippen molar-refractivity contribution in [3.63, 3.8) is 0 Å². The van der Waals surface area contributed by atoms with Crippen molar-refractivity contribution < 1.29 is 9.47 Å².